The number of rotatable bonds is 8. The first-order chi connectivity index (χ1) is 9.54. The predicted octanol–water partition coefficient (Wildman–Crippen LogP) is 3.84. The van der Waals surface area contributed by atoms with Gasteiger partial charge >= 0.3 is 0 Å². The van der Waals surface area contributed by atoms with Gasteiger partial charge in [-0.3, -0.25) is 4.79 Å². The summed E-state index contributed by atoms with van der Waals surface area (Å²) in [6, 6.07) is 7.86. The number of ether oxygens (including phenoxy) is 1. The first-order valence-electron chi connectivity index (χ1n) is 7.15. The Morgan fingerprint density at radius 1 is 1.30 bits per heavy atom. The summed E-state index contributed by atoms with van der Waals surface area (Å²) in [5, 5.41) is -0.485. The van der Waals surface area contributed by atoms with Gasteiger partial charge in [0.1, 0.15) is 11.1 Å². The number of unbranched alkanes of at least 4 members (excludes halogenated alkanes) is 2. The van der Waals surface area contributed by atoms with Crippen LogP contribution in [0.1, 0.15) is 38.7 Å². The summed E-state index contributed by atoms with van der Waals surface area (Å²) < 4.78 is 5.65. The van der Waals surface area contributed by atoms with Crippen LogP contribution in [-0.4, -0.2) is 29.8 Å². The third-order valence-corrected chi connectivity index (χ3v) is 3.26. The Bertz CT molecular complexity index is 403. The average molecular weight is 298 g/mol. The van der Waals surface area contributed by atoms with E-state index in [2.05, 4.69) is 6.92 Å². The van der Waals surface area contributed by atoms with Crippen molar-refractivity contribution in [3.63, 3.8) is 0 Å². The molecule has 0 N–H and O–H groups in total. The topological polar surface area (TPSA) is 29.5 Å². The van der Waals surface area contributed by atoms with Crippen LogP contribution in [0.5, 0.6) is 5.75 Å². The van der Waals surface area contributed by atoms with Crippen molar-refractivity contribution in [1.29, 1.82) is 0 Å². The normalized spacial score (nSPS) is 12.0. The summed E-state index contributed by atoms with van der Waals surface area (Å²) in [6.07, 6.45) is 3.48. The van der Waals surface area contributed by atoms with Gasteiger partial charge in [0.15, 0.2) is 0 Å². The first-order valence-corrected chi connectivity index (χ1v) is 7.59. The molecule has 1 aromatic rings. The van der Waals surface area contributed by atoms with Crippen molar-refractivity contribution >= 4 is 17.5 Å². The summed E-state index contributed by atoms with van der Waals surface area (Å²) in [7, 11) is 1.76. The molecule has 0 spiro atoms. The van der Waals surface area contributed by atoms with Gasteiger partial charge in [0, 0.05) is 13.6 Å². The van der Waals surface area contributed by atoms with Crippen LogP contribution in [0, 0.1) is 0 Å². The molecular weight excluding hydrogens is 274 g/mol. The highest BCUT2D eigenvalue weighted by Gasteiger charge is 2.14. The van der Waals surface area contributed by atoms with Crippen LogP contribution in [0.25, 0.3) is 0 Å². The number of alkyl halides is 1. The highest BCUT2D eigenvalue weighted by Crippen LogP contribution is 2.14. The molecule has 0 heterocycles. The van der Waals surface area contributed by atoms with Crippen molar-refractivity contribution in [3.8, 4) is 5.75 Å². The molecule has 112 valence electrons. The van der Waals surface area contributed by atoms with Gasteiger partial charge in [0.25, 0.3) is 0 Å². The summed E-state index contributed by atoms with van der Waals surface area (Å²) in [4.78, 5) is 13.3. The molecule has 1 atom stereocenters. The number of carbonyl (C=O) groups excluding carboxylic acids is 1. The summed E-state index contributed by atoms with van der Waals surface area (Å²) in [5.74, 6) is 0.816. The van der Waals surface area contributed by atoms with E-state index in [4.69, 9.17) is 16.3 Å². The number of carbonyl (C=O) groups is 1. The highest BCUT2D eigenvalue weighted by molar-refractivity contribution is 6.30. The van der Waals surface area contributed by atoms with Gasteiger partial charge in [-0.1, -0.05) is 31.9 Å². The summed E-state index contributed by atoms with van der Waals surface area (Å²) in [6.45, 7) is 5.18. The minimum absolute atomic E-state index is 0.0634. The second-order valence-corrected chi connectivity index (χ2v) is 5.66. The molecule has 1 aromatic carbocycles. The molecule has 1 amide bonds. The molecule has 4 heteroatoms. The molecule has 0 saturated heterocycles. The Balaban J connectivity index is 2.44. The molecule has 3 nitrogen and oxygen atoms in total. The van der Waals surface area contributed by atoms with Crippen LogP contribution < -0.4 is 4.74 Å². The lowest BCUT2D eigenvalue weighted by atomic mass is 10.2. The van der Waals surface area contributed by atoms with E-state index in [-0.39, 0.29) is 5.91 Å². The van der Waals surface area contributed by atoms with Gasteiger partial charge in [-0.05, 0) is 31.0 Å². The van der Waals surface area contributed by atoms with Crippen LogP contribution in [0.15, 0.2) is 24.3 Å². The lowest BCUT2D eigenvalue weighted by molar-refractivity contribution is -0.129. The van der Waals surface area contributed by atoms with E-state index in [1.54, 1.807) is 18.9 Å². The fourth-order valence-corrected chi connectivity index (χ4v) is 2.06. The number of amides is 1. The van der Waals surface area contributed by atoms with Crippen LogP contribution in [0.4, 0.5) is 0 Å². The van der Waals surface area contributed by atoms with Crippen molar-refractivity contribution in [2.45, 2.75) is 45.0 Å². The van der Waals surface area contributed by atoms with Crippen LogP contribution in [0.2, 0.25) is 0 Å². The van der Waals surface area contributed by atoms with Crippen molar-refractivity contribution in [2.75, 3.05) is 13.7 Å². The molecule has 0 saturated carbocycles. The maximum Gasteiger partial charge on any atom is 0.240 e. The van der Waals surface area contributed by atoms with E-state index in [0.29, 0.717) is 6.54 Å². The van der Waals surface area contributed by atoms with Gasteiger partial charge in [0.05, 0.1) is 6.61 Å². The van der Waals surface area contributed by atoms with Crippen LogP contribution in [0.3, 0.4) is 0 Å². The molecule has 1 unspecified atom stereocenters. The van der Waals surface area contributed by atoms with Crippen LogP contribution in [-0.2, 0) is 11.3 Å². The third kappa shape index (κ3) is 5.83. The molecule has 20 heavy (non-hydrogen) atoms. The predicted molar refractivity (Wildman–Crippen MR) is 83.3 cm³/mol. The Morgan fingerprint density at radius 3 is 2.50 bits per heavy atom. The second kappa shape index (κ2) is 8.85. The average Bonchev–Trinajstić information content (AvgIpc) is 2.44. The smallest absolute Gasteiger partial charge is 0.240 e. The standard InChI is InChI=1S/C16H24ClNO2/c1-4-5-6-11-20-15-9-7-14(8-10-15)12-18(3)16(19)13(2)17/h7-10,13H,4-6,11-12H2,1-3H3. The van der Waals surface area contributed by atoms with Gasteiger partial charge < -0.3 is 9.64 Å². The molecule has 1 rings (SSSR count). The number of hydrogen-bond acceptors (Lipinski definition) is 2. The Hall–Kier alpha value is -1.22. The van der Waals surface area contributed by atoms with Crippen molar-refractivity contribution in [2.24, 2.45) is 0 Å². The maximum atomic E-state index is 11.7. The molecule has 0 fully saturated rings. The Labute approximate surface area is 126 Å². The third-order valence-electron chi connectivity index (χ3n) is 3.08. The molecular formula is C16H24ClNO2. The van der Waals surface area contributed by atoms with Gasteiger partial charge in [-0.25, -0.2) is 0 Å². The van der Waals surface area contributed by atoms with Gasteiger partial charge in [-0.2, -0.15) is 0 Å². The second-order valence-electron chi connectivity index (χ2n) is 5.01. The minimum atomic E-state index is -0.485. The molecule has 0 aliphatic heterocycles. The molecule has 0 aliphatic carbocycles. The summed E-state index contributed by atoms with van der Waals surface area (Å²) >= 11 is 5.79. The maximum absolute atomic E-state index is 11.7. The largest absolute Gasteiger partial charge is 0.494 e. The van der Waals surface area contributed by atoms with E-state index in [9.17, 15) is 4.79 Å². The zero-order chi connectivity index (χ0) is 15.0. The van der Waals surface area contributed by atoms with Crippen LogP contribution >= 0.6 is 11.6 Å². The van der Waals surface area contributed by atoms with Crippen molar-refractivity contribution < 1.29 is 9.53 Å². The molecule has 0 bridgehead atoms. The fourth-order valence-electron chi connectivity index (χ4n) is 1.89. The number of halogens is 1. The Kier molecular flexibility index (Phi) is 7.45. The van der Waals surface area contributed by atoms with Crippen molar-refractivity contribution in [1.82, 2.24) is 4.90 Å². The lowest BCUT2D eigenvalue weighted by Crippen LogP contribution is -2.31. The van der Waals surface area contributed by atoms with Gasteiger partial charge in [0.2, 0.25) is 5.91 Å². The van der Waals surface area contributed by atoms with E-state index in [1.165, 1.54) is 12.8 Å². The van der Waals surface area contributed by atoms with E-state index < -0.39 is 5.38 Å². The highest BCUT2D eigenvalue weighted by atomic mass is 35.5. The summed E-state index contributed by atoms with van der Waals surface area (Å²) in [5.41, 5.74) is 1.07. The Morgan fingerprint density at radius 2 is 1.95 bits per heavy atom. The minimum Gasteiger partial charge on any atom is -0.494 e. The molecule has 0 aromatic heterocycles. The number of nitrogens with zero attached hydrogens (tertiary/aromatic N) is 1. The number of benzene rings is 1. The van der Waals surface area contributed by atoms with E-state index >= 15 is 0 Å². The number of hydrogen-bond donors (Lipinski definition) is 0. The zero-order valence-corrected chi connectivity index (χ0v) is 13.3. The van der Waals surface area contributed by atoms with E-state index in [0.717, 1.165) is 24.3 Å². The monoisotopic (exact) mass is 297 g/mol. The molecule has 0 aliphatic rings. The first kappa shape index (κ1) is 16.8. The SMILES string of the molecule is CCCCCOc1ccc(CN(C)C(=O)C(C)Cl)cc1. The lowest BCUT2D eigenvalue weighted by Gasteiger charge is -2.18. The molecule has 0 radical (unpaired) electrons. The van der Waals surface area contributed by atoms with Gasteiger partial charge in [-0.15, -0.1) is 11.6 Å². The fraction of sp³-hybridized carbons (Fsp3) is 0.562. The zero-order valence-electron chi connectivity index (χ0n) is 12.6. The quantitative estimate of drug-likeness (QED) is 0.539. The van der Waals surface area contributed by atoms with Crippen molar-refractivity contribution in [3.05, 3.63) is 29.8 Å². The van der Waals surface area contributed by atoms with E-state index in [1.807, 2.05) is 24.3 Å².